The zero-order valence-corrected chi connectivity index (χ0v) is 26.8. The van der Waals surface area contributed by atoms with Gasteiger partial charge in [-0.3, -0.25) is 4.68 Å². The van der Waals surface area contributed by atoms with Gasteiger partial charge in [-0.25, -0.2) is 9.37 Å². The fourth-order valence-corrected chi connectivity index (χ4v) is 5.87. The van der Waals surface area contributed by atoms with Crippen LogP contribution in [-0.4, -0.2) is 19.3 Å². The SMILES string of the molecule is CCCc1ccc2c(c1)c1ccc(Oc3[c-]c(-n4nc(C)c(-c5ccccc5)c4C)ccc3)[c-]c1n2-c1cc(F)ccn1.[Pt+2]. The smallest absolute Gasteiger partial charge is 0.509 e. The fourth-order valence-electron chi connectivity index (χ4n) is 5.87. The van der Waals surface area contributed by atoms with Crippen molar-refractivity contribution in [3.63, 3.8) is 0 Å². The van der Waals surface area contributed by atoms with Crippen molar-refractivity contribution in [2.45, 2.75) is 33.6 Å². The number of aryl methyl sites for hydroxylation is 2. The normalized spacial score (nSPS) is 11.2. The fraction of sp³-hybridized carbons (Fsp3) is 0.135. The van der Waals surface area contributed by atoms with Crippen LogP contribution in [-0.2, 0) is 27.5 Å². The van der Waals surface area contributed by atoms with Gasteiger partial charge >= 0.3 is 21.1 Å². The summed E-state index contributed by atoms with van der Waals surface area (Å²) < 4.78 is 24.5. The van der Waals surface area contributed by atoms with Crippen LogP contribution in [0.15, 0.2) is 97.2 Å². The average molecular weight is 760 g/mol. The van der Waals surface area contributed by atoms with Crippen LogP contribution in [0, 0.1) is 31.8 Å². The molecule has 44 heavy (non-hydrogen) atoms. The summed E-state index contributed by atoms with van der Waals surface area (Å²) in [4.78, 5) is 4.49. The Hall–Kier alpha value is -4.54. The Kier molecular flexibility index (Phi) is 8.20. The van der Waals surface area contributed by atoms with E-state index in [9.17, 15) is 4.39 Å². The molecule has 7 rings (SSSR count). The number of pyridine rings is 1. The minimum absolute atomic E-state index is 0. The molecular weight excluding hydrogens is 731 g/mol. The summed E-state index contributed by atoms with van der Waals surface area (Å²) in [5, 5.41) is 6.90. The molecule has 0 aliphatic heterocycles. The van der Waals surface area contributed by atoms with Crippen molar-refractivity contribution in [3.8, 4) is 34.1 Å². The van der Waals surface area contributed by atoms with Crippen molar-refractivity contribution in [3.05, 3.63) is 132 Å². The first-order valence-corrected chi connectivity index (χ1v) is 14.4. The van der Waals surface area contributed by atoms with Gasteiger partial charge in [0.1, 0.15) is 11.6 Å². The maximum absolute atomic E-state index is 14.3. The van der Waals surface area contributed by atoms with Gasteiger partial charge in [0.05, 0.1) is 5.69 Å². The van der Waals surface area contributed by atoms with E-state index >= 15 is 0 Å². The number of rotatable bonds is 7. The Morgan fingerprint density at radius 2 is 1.66 bits per heavy atom. The third-order valence-electron chi connectivity index (χ3n) is 7.74. The van der Waals surface area contributed by atoms with E-state index in [2.05, 4.69) is 61.3 Å². The molecule has 0 saturated carbocycles. The van der Waals surface area contributed by atoms with E-state index in [1.165, 1.54) is 23.9 Å². The minimum Gasteiger partial charge on any atom is -0.509 e. The van der Waals surface area contributed by atoms with Crippen molar-refractivity contribution >= 4 is 21.8 Å². The first kappa shape index (κ1) is 29.5. The number of fused-ring (bicyclic) bond motifs is 3. The van der Waals surface area contributed by atoms with Crippen molar-refractivity contribution in [1.29, 1.82) is 0 Å². The third-order valence-corrected chi connectivity index (χ3v) is 7.74. The van der Waals surface area contributed by atoms with Gasteiger partial charge in [-0.05, 0) is 54.6 Å². The van der Waals surface area contributed by atoms with Crippen LogP contribution in [0.25, 0.3) is 44.4 Å². The van der Waals surface area contributed by atoms with E-state index in [-0.39, 0.29) is 26.9 Å². The molecule has 0 bridgehead atoms. The molecule has 7 aromatic rings. The number of hydrogen-bond acceptors (Lipinski definition) is 3. The first-order chi connectivity index (χ1) is 21.0. The van der Waals surface area contributed by atoms with Gasteiger partial charge in [-0.1, -0.05) is 61.3 Å². The van der Waals surface area contributed by atoms with E-state index in [0.717, 1.165) is 62.8 Å². The predicted molar refractivity (Wildman–Crippen MR) is 169 cm³/mol. The molecule has 220 valence electrons. The standard InChI is InChI=1S/C37H29FN4O.Pt/c1-4-9-26-14-17-34-33(20-26)32-16-15-31(23-35(32)41(34)36-21-28(38)18-19-39-36)43-30-13-8-12-29(22-30)42-25(3)37(24(2)40-42)27-10-6-5-7-11-27;/h5-8,10-21H,4,9H2,1-3H3;/q-2;+2. The second kappa shape index (κ2) is 12.2. The van der Waals surface area contributed by atoms with Gasteiger partial charge < -0.3 is 9.30 Å². The summed E-state index contributed by atoms with van der Waals surface area (Å²) in [7, 11) is 0. The van der Waals surface area contributed by atoms with Crippen LogP contribution < -0.4 is 4.74 Å². The van der Waals surface area contributed by atoms with Gasteiger partial charge in [0.15, 0.2) is 0 Å². The Bertz CT molecular complexity index is 2120. The molecule has 0 fully saturated rings. The maximum Gasteiger partial charge on any atom is 2.00 e. The van der Waals surface area contributed by atoms with Crippen LogP contribution >= 0.6 is 0 Å². The van der Waals surface area contributed by atoms with E-state index in [1.807, 2.05) is 64.7 Å². The average Bonchev–Trinajstić information content (AvgIpc) is 3.50. The Morgan fingerprint density at radius 3 is 2.45 bits per heavy atom. The molecular formula is C37H29FN4OPt. The van der Waals surface area contributed by atoms with Gasteiger partial charge in [-0.2, -0.15) is 17.2 Å². The second-order valence-electron chi connectivity index (χ2n) is 10.7. The van der Waals surface area contributed by atoms with Crippen LogP contribution in [0.4, 0.5) is 4.39 Å². The predicted octanol–water partition coefficient (Wildman–Crippen LogP) is 9.13. The zero-order chi connectivity index (χ0) is 29.5. The van der Waals surface area contributed by atoms with Gasteiger partial charge in [0.25, 0.3) is 0 Å². The van der Waals surface area contributed by atoms with Gasteiger partial charge in [-0.15, -0.1) is 35.7 Å². The van der Waals surface area contributed by atoms with E-state index in [1.54, 1.807) is 0 Å². The van der Waals surface area contributed by atoms with Crippen molar-refractivity contribution < 1.29 is 30.2 Å². The first-order valence-electron chi connectivity index (χ1n) is 14.4. The Morgan fingerprint density at radius 1 is 0.841 bits per heavy atom. The third kappa shape index (κ3) is 5.35. The van der Waals surface area contributed by atoms with Crippen molar-refractivity contribution in [2.75, 3.05) is 0 Å². The second-order valence-corrected chi connectivity index (χ2v) is 10.7. The summed E-state index contributed by atoms with van der Waals surface area (Å²) in [5.41, 5.74) is 7.96. The summed E-state index contributed by atoms with van der Waals surface area (Å²) in [5.74, 6) is 1.21. The van der Waals surface area contributed by atoms with E-state index in [0.29, 0.717) is 17.3 Å². The number of nitrogens with zero attached hydrogens (tertiary/aromatic N) is 4. The molecule has 4 aromatic carbocycles. The van der Waals surface area contributed by atoms with Crippen LogP contribution in [0.1, 0.15) is 30.3 Å². The number of hydrogen-bond donors (Lipinski definition) is 0. The van der Waals surface area contributed by atoms with Crippen LogP contribution in [0.2, 0.25) is 0 Å². The summed E-state index contributed by atoms with van der Waals surface area (Å²) in [6.07, 6.45) is 3.53. The molecule has 0 amide bonds. The topological polar surface area (TPSA) is 44.9 Å². The molecule has 3 aromatic heterocycles. The molecule has 0 unspecified atom stereocenters. The monoisotopic (exact) mass is 759 g/mol. The van der Waals surface area contributed by atoms with E-state index < -0.39 is 0 Å². The molecule has 5 nitrogen and oxygen atoms in total. The molecule has 0 saturated heterocycles. The van der Waals surface area contributed by atoms with Crippen LogP contribution in [0.5, 0.6) is 11.5 Å². The zero-order valence-electron chi connectivity index (χ0n) is 24.5. The van der Waals surface area contributed by atoms with Gasteiger partial charge in [0.2, 0.25) is 0 Å². The molecule has 0 radical (unpaired) electrons. The van der Waals surface area contributed by atoms with Crippen molar-refractivity contribution in [2.24, 2.45) is 0 Å². The summed E-state index contributed by atoms with van der Waals surface area (Å²) in [6.45, 7) is 6.26. The molecule has 3 heterocycles. The van der Waals surface area contributed by atoms with Crippen molar-refractivity contribution in [1.82, 2.24) is 19.3 Å². The number of benzene rings is 4. The summed E-state index contributed by atoms with van der Waals surface area (Å²) in [6, 6.07) is 36.0. The molecule has 7 heteroatoms. The Balaban J connectivity index is 0.00000343. The maximum atomic E-state index is 14.3. The van der Waals surface area contributed by atoms with Crippen LogP contribution in [0.3, 0.4) is 0 Å². The molecule has 0 aliphatic rings. The van der Waals surface area contributed by atoms with Gasteiger partial charge in [0, 0.05) is 40.5 Å². The molecule has 0 atom stereocenters. The Labute approximate surface area is 270 Å². The number of aromatic nitrogens is 4. The van der Waals surface area contributed by atoms with E-state index in [4.69, 9.17) is 9.84 Å². The number of halogens is 1. The molecule has 0 spiro atoms. The number of ether oxygens (including phenoxy) is 1. The minimum atomic E-state index is -0.346. The summed E-state index contributed by atoms with van der Waals surface area (Å²) >= 11 is 0. The largest absolute Gasteiger partial charge is 2.00 e. The quantitative estimate of drug-likeness (QED) is 0.152. The molecule has 0 N–H and O–H groups in total. The molecule has 0 aliphatic carbocycles.